The first-order valence-corrected chi connectivity index (χ1v) is 11.4. The van der Waals surface area contributed by atoms with E-state index in [1.807, 2.05) is 41.0 Å². The van der Waals surface area contributed by atoms with Crippen molar-refractivity contribution in [3.63, 3.8) is 0 Å². The number of carbonyl (C=O) groups excluding carboxylic acids is 1. The van der Waals surface area contributed by atoms with Crippen molar-refractivity contribution >= 4 is 37.7 Å². The van der Waals surface area contributed by atoms with Gasteiger partial charge in [0.25, 0.3) is 0 Å². The zero-order chi connectivity index (χ0) is 21.0. The van der Waals surface area contributed by atoms with Gasteiger partial charge >= 0.3 is 0 Å². The number of nitrogens with one attached hydrogen (secondary N) is 1. The summed E-state index contributed by atoms with van der Waals surface area (Å²) in [6, 6.07) is 14.5. The second kappa shape index (κ2) is 8.75. The highest BCUT2D eigenvalue weighted by Crippen LogP contribution is 2.18. The molecule has 1 amide bonds. The van der Waals surface area contributed by atoms with Crippen molar-refractivity contribution in [1.82, 2.24) is 14.2 Å². The lowest BCUT2D eigenvalue weighted by Crippen LogP contribution is -2.34. The molecule has 0 aliphatic heterocycles. The quantitative estimate of drug-likeness (QED) is 0.450. The molecule has 3 rings (SSSR count). The molecule has 0 saturated heterocycles. The van der Waals surface area contributed by atoms with Gasteiger partial charge in [0.15, 0.2) is 5.43 Å². The van der Waals surface area contributed by atoms with Crippen molar-refractivity contribution in [2.24, 2.45) is 0 Å². The SMILES string of the molecule is CCN(CCCNC(=O)Cn1c2ccccc2c(=O)c2ccccc21)S(C)(=O)=O. The predicted molar refractivity (Wildman–Crippen MR) is 115 cm³/mol. The molecule has 0 radical (unpaired) electrons. The number of amides is 1. The first-order valence-electron chi connectivity index (χ1n) is 9.55. The minimum absolute atomic E-state index is 0.0479. The number of fused-ring (bicyclic) bond motifs is 2. The molecule has 1 heterocycles. The Balaban J connectivity index is 1.77. The van der Waals surface area contributed by atoms with Crippen LogP contribution in [0.2, 0.25) is 0 Å². The molecule has 1 aromatic heterocycles. The van der Waals surface area contributed by atoms with E-state index in [-0.39, 0.29) is 17.9 Å². The average molecular weight is 416 g/mol. The second-order valence-electron chi connectivity index (χ2n) is 6.91. The number of nitrogens with zero attached hydrogens (tertiary/aromatic N) is 2. The number of aromatic nitrogens is 1. The van der Waals surface area contributed by atoms with E-state index in [0.29, 0.717) is 47.9 Å². The Kier molecular flexibility index (Phi) is 6.34. The second-order valence-corrected chi connectivity index (χ2v) is 8.89. The maximum atomic E-state index is 12.7. The van der Waals surface area contributed by atoms with Gasteiger partial charge in [-0.2, -0.15) is 0 Å². The molecule has 0 saturated carbocycles. The summed E-state index contributed by atoms with van der Waals surface area (Å²) in [5.41, 5.74) is 1.37. The molecule has 0 fully saturated rings. The van der Waals surface area contributed by atoms with E-state index in [0.717, 1.165) is 0 Å². The molecule has 8 heteroatoms. The van der Waals surface area contributed by atoms with Crippen LogP contribution in [0.4, 0.5) is 0 Å². The first kappa shape index (κ1) is 21.0. The molecule has 2 aromatic carbocycles. The van der Waals surface area contributed by atoms with Crippen LogP contribution in [0, 0.1) is 0 Å². The van der Waals surface area contributed by atoms with Gasteiger partial charge in [0.2, 0.25) is 15.9 Å². The zero-order valence-electron chi connectivity index (χ0n) is 16.6. The standard InChI is InChI=1S/C21H25N3O4S/c1-3-23(29(2,27)28)14-8-13-22-20(25)15-24-18-11-6-4-9-16(18)21(26)17-10-5-7-12-19(17)24/h4-7,9-12H,3,8,13-15H2,1-2H3,(H,22,25). The van der Waals surface area contributed by atoms with Crippen molar-refractivity contribution in [3.8, 4) is 0 Å². The Hall–Kier alpha value is -2.71. The topological polar surface area (TPSA) is 88.5 Å². The number of carbonyl (C=O) groups is 1. The third-order valence-corrected chi connectivity index (χ3v) is 6.29. The van der Waals surface area contributed by atoms with Gasteiger partial charge in [-0.3, -0.25) is 9.59 Å². The molecule has 0 bridgehead atoms. The Morgan fingerprint density at radius 2 is 1.59 bits per heavy atom. The number of benzene rings is 2. The molecule has 3 aromatic rings. The number of para-hydroxylation sites is 2. The summed E-state index contributed by atoms with van der Waals surface area (Å²) in [6.45, 7) is 3.00. The van der Waals surface area contributed by atoms with Crippen molar-refractivity contribution < 1.29 is 13.2 Å². The van der Waals surface area contributed by atoms with Gasteiger partial charge in [0, 0.05) is 30.4 Å². The first-order chi connectivity index (χ1) is 13.8. The molecule has 0 aliphatic rings. The van der Waals surface area contributed by atoms with Gasteiger partial charge in [0.1, 0.15) is 6.54 Å². The van der Waals surface area contributed by atoms with Crippen LogP contribution in [0.5, 0.6) is 0 Å². The van der Waals surface area contributed by atoms with E-state index in [4.69, 9.17) is 0 Å². The lowest BCUT2D eigenvalue weighted by atomic mass is 10.1. The molecule has 0 aliphatic carbocycles. The average Bonchev–Trinajstić information content (AvgIpc) is 2.70. The lowest BCUT2D eigenvalue weighted by molar-refractivity contribution is -0.121. The van der Waals surface area contributed by atoms with Gasteiger partial charge in [-0.1, -0.05) is 31.2 Å². The largest absolute Gasteiger partial charge is 0.355 e. The molecule has 0 atom stereocenters. The van der Waals surface area contributed by atoms with Crippen molar-refractivity contribution in [2.45, 2.75) is 19.9 Å². The molecule has 1 N–H and O–H groups in total. The van der Waals surface area contributed by atoms with Gasteiger partial charge in [-0.25, -0.2) is 12.7 Å². The van der Waals surface area contributed by atoms with E-state index in [1.165, 1.54) is 10.6 Å². The summed E-state index contributed by atoms with van der Waals surface area (Å²) in [7, 11) is -3.23. The summed E-state index contributed by atoms with van der Waals surface area (Å²) >= 11 is 0. The summed E-state index contributed by atoms with van der Waals surface area (Å²) in [6.07, 6.45) is 1.71. The normalized spacial score (nSPS) is 12.0. The van der Waals surface area contributed by atoms with Crippen LogP contribution >= 0.6 is 0 Å². The summed E-state index contributed by atoms with van der Waals surface area (Å²) in [5.74, 6) is -0.189. The lowest BCUT2D eigenvalue weighted by Gasteiger charge is -2.18. The van der Waals surface area contributed by atoms with Crippen LogP contribution in [0.25, 0.3) is 21.8 Å². The third-order valence-electron chi connectivity index (χ3n) is 4.91. The van der Waals surface area contributed by atoms with E-state index < -0.39 is 10.0 Å². The molecule has 0 unspecified atom stereocenters. The van der Waals surface area contributed by atoms with Crippen molar-refractivity contribution in [2.75, 3.05) is 25.9 Å². The van der Waals surface area contributed by atoms with Crippen LogP contribution < -0.4 is 10.7 Å². The number of pyridine rings is 1. The highest BCUT2D eigenvalue weighted by Gasteiger charge is 2.15. The summed E-state index contributed by atoms with van der Waals surface area (Å²) < 4.78 is 26.5. The molecular formula is C21H25N3O4S. The molecule has 0 spiro atoms. The molecule has 154 valence electrons. The van der Waals surface area contributed by atoms with E-state index in [1.54, 1.807) is 19.1 Å². The van der Waals surface area contributed by atoms with Crippen molar-refractivity contribution in [1.29, 1.82) is 0 Å². The van der Waals surface area contributed by atoms with Crippen LogP contribution in [-0.2, 0) is 21.4 Å². The fourth-order valence-corrected chi connectivity index (χ4v) is 4.42. The van der Waals surface area contributed by atoms with E-state index >= 15 is 0 Å². The highest BCUT2D eigenvalue weighted by molar-refractivity contribution is 7.88. The monoisotopic (exact) mass is 415 g/mol. The molecule has 29 heavy (non-hydrogen) atoms. The van der Waals surface area contributed by atoms with Crippen LogP contribution in [-0.4, -0.2) is 49.1 Å². The minimum Gasteiger partial charge on any atom is -0.355 e. The summed E-state index contributed by atoms with van der Waals surface area (Å²) in [4.78, 5) is 25.3. The van der Waals surface area contributed by atoms with E-state index in [2.05, 4.69) is 5.32 Å². The Labute approximate surface area is 170 Å². The number of hydrogen-bond donors (Lipinski definition) is 1. The number of sulfonamides is 1. The number of rotatable bonds is 8. The van der Waals surface area contributed by atoms with Gasteiger partial charge < -0.3 is 9.88 Å². The fourth-order valence-electron chi connectivity index (χ4n) is 3.49. The smallest absolute Gasteiger partial charge is 0.239 e. The van der Waals surface area contributed by atoms with Crippen LogP contribution in [0.1, 0.15) is 13.3 Å². The van der Waals surface area contributed by atoms with Gasteiger partial charge in [0.05, 0.1) is 17.3 Å². The zero-order valence-corrected chi connectivity index (χ0v) is 17.4. The maximum absolute atomic E-state index is 12.7. The Morgan fingerprint density at radius 1 is 1.03 bits per heavy atom. The predicted octanol–water partition coefficient (Wildman–Crippen LogP) is 1.94. The Bertz CT molecular complexity index is 1140. The van der Waals surface area contributed by atoms with E-state index in [9.17, 15) is 18.0 Å². The highest BCUT2D eigenvalue weighted by atomic mass is 32.2. The fraction of sp³-hybridized carbons (Fsp3) is 0.333. The molecular weight excluding hydrogens is 390 g/mol. The number of hydrogen-bond acceptors (Lipinski definition) is 4. The molecule has 7 nitrogen and oxygen atoms in total. The summed E-state index contributed by atoms with van der Waals surface area (Å²) in [5, 5.41) is 4.00. The van der Waals surface area contributed by atoms with Gasteiger partial charge in [-0.15, -0.1) is 0 Å². The Morgan fingerprint density at radius 3 is 2.10 bits per heavy atom. The van der Waals surface area contributed by atoms with Gasteiger partial charge in [-0.05, 0) is 30.7 Å². The van der Waals surface area contributed by atoms with Crippen LogP contribution in [0.3, 0.4) is 0 Å². The van der Waals surface area contributed by atoms with Crippen LogP contribution in [0.15, 0.2) is 53.3 Å². The minimum atomic E-state index is -3.23. The maximum Gasteiger partial charge on any atom is 0.239 e. The van der Waals surface area contributed by atoms with Crippen molar-refractivity contribution in [3.05, 3.63) is 58.8 Å². The third kappa shape index (κ3) is 4.65.